The van der Waals surface area contributed by atoms with E-state index in [4.69, 9.17) is 0 Å². The lowest BCUT2D eigenvalue weighted by Gasteiger charge is -2.32. The fourth-order valence-corrected chi connectivity index (χ4v) is 3.55. The Labute approximate surface area is 167 Å². The van der Waals surface area contributed by atoms with Crippen LogP contribution in [-0.4, -0.2) is 29.9 Å². The van der Waals surface area contributed by atoms with Gasteiger partial charge in [0.15, 0.2) is 0 Å². The fraction of sp³-hybridized carbons (Fsp3) is 0.391. The van der Waals surface area contributed by atoms with Crippen LogP contribution in [-0.2, 0) is 10.2 Å². The van der Waals surface area contributed by atoms with Gasteiger partial charge in [0.1, 0.15) is 0 Å². The van der Waals surface area contributed by atoms with E-state index >= 15 is 0 Å². The fourth-order valence-electron chi connectivity index (χ4n) is 3.55. The molecule has 0 saturated carbocycles. The molecule has 0 spiro atoms. The van der Waals surface area contributed by atoms with Crippen molar-refractivity contribution in [3.63, 3.8) is 0 Å². The molecule has 0 aliphatic carbocycles. The lowest BCUT2D eigenvalue weighted by atomic mass is 9.85. The first-order valence-electron chi connectivity index (χ1n) is 9.86. The van der Waals surface area contributed by atoms with Gasteiger partial charge in [0.25, 0.3) is 0 Å². The first-order valence-corrected chi connectivity index (χ1v) is 9.86. The highest BCUT2D eigenvalue weighted by molar-refractivity contribution is 5.94. The number of hydrogen-bond donors (Lipinski definition) is 2. The Balaban J connectivity index is 1.55. The van der Waals surface area contributed by atoms with Crippen LogP contribution in [0.5, 0.6) is 0 Å². The number of rotatable bonds is 3. The molecule has 1 aliphatic rings. The number of para-hydroxylation sites is 2. The summed E-state index contributed by atoms with van der Waals surface area (Å²) in [7, 11) is 0. The highest BCUT2D eigenvalue weighted by Gasteiger charge is 2.28. The van der Waals surface area contributed by atoms with E-state index in [9.17, 15) is 9.59 Å². The van der Waals surface area contributed by atoms with Gasteiger partial charge in [-0.1, -0.05) is 57.2 Å². The molecule has 0 bridgehead atoms. The molecule has 3 amide bonds. The van der Waals surface area contributed by atoms with Crippen molar-refractivity contribution in [3.8, 4) is 0 Å². The number of hydrogen-bond acceptors (Lipinski definition) is 2. The van der Waals surface area contributed by atoms with E-state index in [-0.39, 0.29) is 23.3 Å². The van der Waals surface area contributed by atoms with Crippen LogP contribution in [0.1, 0.15) is 39.2 Å². The Bertz CT molecular complexity index is 819. The zero-order valence-electron chi connectivity index (χ0n) is 16.9. The number of carbonyl (C=O) groups is 2. The van der Waals surface area contributed by atoms with E-state index in [2.05, 4.69) is 37.5 Å². The molecule has 0 atom stereocenters. The number of anilines is 2. The molecular weight excluding hydrogens is 350 g/mol. The topological polar surface area (TPSA) is 61.4 Å². The van der Waals surface area contributed by atoms with Crippen LogP contribution >= 0.6 is 0 Å². The Morgan fingerprint density at radius 1 is 0.893 bits per heavy atom. The van der Waals surface area contributed by atoms with Crippen molar-refractivity contribution in [2.75, 3.05) is 23.7 Å². The van der Waals surface area contributed by atoms with Crippen molar-refractivity contribution < 1.29 is 9.59 Å². The van der Waals surface area contributed by atoms with E-state index in [1.54, 1.807) is 4.90 Å². The maximum atomic E-state index is 12.8. The second-order valence-electron chi connectivity index (χ2n) is 8.34. The van der Waals surface area contributed by atoms with Gasteiger partial charge < -0.3 is 15.5 Å². The highest BCUT2D eigenvalue weighted by atomic mass is 16.2. The third kappa shape index (κ3) is 4.91. The summed E-state index contributed by atoms with van der Waals surface area (Å²) in [5, 5.41) is 6.02. The summed E-state index contributed by atoms with van der Waals surface area (Å²) in [6.07, 6.45) is 1.34. The van der Waals surface area contributed by atoms with Crippen molar-refractivity contribution in [2.24, 2.45) is 5.92 Å². The Morgan fingerprint density at radius 3 is 2.14 bits per heavy atom. The molecule has 148 valence electrons. The van der Waals surface area contributed by atoms with Gasteiger partial charge in [0, 0.05) is 30.4 Å². The largest absolute Gasteiger partial charge is 0.326 e. The average molecular weight is 380 g/mol. The summed E-state index contributed by atoms with van der Waals surface area (Å²) < 4.78 is 0. The maximum absolute atomic E-state index is 12.8. The van der Waals surface area contributed by atoms with E-state index < -0.39 is 0 Å². The van der Waals surface area contributed by atoms with Gasteiger partial charge >= 0.3 is 6.03 Å². The van der Waals surface area contributed by atoms with Crippen LogP contribution in [0.4, 0.5) is 16.2 Å². The van der Waals surface area contributed by atoms with Crippen molar-refractivity contribution in [2.45, 2.75) is 39.0 Å². The Morgan fingerprint density at radius 2 is 1.50 bits per heavy atom. The molecule has 5 heteroatoms. The number of benzene rings is 2. The molecule has 1 aliphatic heterocycles. The third-order valence-corrected chi connectivity index (χ3v) is 5.17. The monoisotopic (exact) mass is 379 g/mol. The van der Waals surface area contributed by atoms with Crippen LogP contribution in [0, 0.1) is 5.92 Å². The number of piperidine rings is 1. The smallest absolute Gasteiger partial charge is 0.321 e. The lowest BCUT2D eigenvalue weighted by molar-refractivity contribution is -0.121. The number of urea groups is 1. The predicted molar refractivity (Wildman–Crippen MR) is 114 cm³/mol. The van der Waals surface area contributed by atoms with Crippen molar-refractivity contribution >= 4 is 23.3 Å². The van der Waals surface area contributed by atoms with Gasteiger partial charge in [0.2, 0.25) is 5.91 Å². The first kappa shape index (κ1) is 19.9. The first-order chi connectivity index (χ1) is 13.3. The number of likely N-dealkylation sites (tertiary alicyclic amines) is 1. The van der Waals surface area contributed by atoms with Gasteiger partial charge in [-0.2, -0.15) is 0 Å². The van der Waals surface area contributed by atoms with E-state index in [1.807, 2.05) is 48.5 Å². The maximum Gasteiger partial charge on any atom is 0.321 e. The predicted octanol–water partition coefficient (Wildman–Crippen LogP) is 4.87. The zero-order valence-corrected chi connectivity index (χ0v) is 16.9. The molecule has 2 aromatic carbocycles. The molecular formula is C23H29N3O2. The van der Waals surface area contributed by atoms with Gasteiger partial charge in [0.05, 0.1) is 0 Å². The highest BCUT2D eigenvalue weighted by Crippen LogP contribution is 2.30. The molecule has 1 fully saturated rings. The van der Waals surface area contributed by atoms with Gasteiger partial charge in [-0.25, -0.2) is 4.79 Å². The second kappa shape index (κ2) is 8.46. The summed E-state index contributed by atoms with van der Waals surface area (Å²) in [4.78, 5) is 27.0. The Hall–Kier alpha value is -2.82. The SMILES string of the molecule is CC(C)(C)c1ccccc1NC(=O)C1CCN(C(=O)Nc2ccccc2)CC1. The quantitative estimate of drug-likeness (QED) is 0.799. The van der Waals surface area contributed by atoms with Gasteiger partial charge in [-0.3, -0.25) is 4.79 Å². The third-order valence-electron chi connectivity index (χ3n) is 5.17. The van der Waals surface area contributed by atoms with Crippen LogP contribution < -0.4 is 10.6 Å². The summed E-state index contributed by atoms with van der Waals surface area (Å²) in [6.45, 7) is 7.58. The normalized spacial score (nSPS) is 15.2. The van der Waals surface area contributed by atoms with Crippen molar-refractivity contribution in [3.05, 3.63) is 60.2 Å². The number of carbonyl (C=O) groups excluding carboxylic acids is 2. The number of amides is 3. The van der Waals surface area contributed by atoms with Crippen LogP contribution in [0.2, 0.25) is 0 Å². The summed E-state index contributed by atoms with van der Waals surface area (Å²) >= 11 is 0. The minimum atomic E-state index is -0.108. The minimum absolute atomic E-state index is 0.0389. The molecule has 3 rings (SSSR count). The van der Waals surface area contributed by atoms with Gasteiger partial charge in [-0.05, 0) is 42.0 Å². The summed E-state index contributed by atoms with van der Waals surface area (Å²) in [6, 6.07) is 17.3. The zero-order chi connectivity index (χ0) is 20.1. The van der Waals surface area contributed by atoms with Crippen LogP contribution in [0.15, 0.2) is 54.6 Å². The molecule has 0 aromatic heterocycles. The van der Waals surface area contributed by atoms with E-state index in [1.165, 1.54) is 0 Å². The summed E-state index contributed by atoms with van der Waals surface area (Å²) in [5.74, 6) is -0.0337. The molecule has 1 saturated heterocycles. The molecule has 1 heterocycles. The van der Waals surface area contributed by atoms with E-state index in [0.29, 0.717) is 25.9 Å². The van der Waals surface area contributed by atoms with Crippen molar-refractivity contribution in [1.29, 1.82) is 0 Å². The van der Waals surface area contributed by atoms with Crippen molar-refractivity contribution in [1.82, 2.24) is 4.90 Å². The molecule has 2 aromatic rings. The molecule has 0 radical (unpaired) electrons. The second-order valence-corrected chi connectivity index (χ2v) is 8.34. The average Bonchev–Trinajstić information content (AvgIpc) is 2.68. The molecule has 2 N–H and O–H groups in total. The van der Waals surface area contributed by atoms with E-state index in [0.717, 1.165) is 16.9 Å². The summed E-state index contributed by atoms with van der Waals surface area (Å²) in [5.41, 5.74) is 2.75. The number of nitrogens with one attached hydrogen (secondary N) is 2. The lowest BCUT2D eigenvalue weighted by Crippen LogP contribution is -2.43. The Kier molecular flexibility index (Phi) is 6.02. The van der Waals surface area contributed by atoms with Crippen LogP contribution in [0.3, 0.4) is 0 Å². The molecule has 5 nitrogen and oxygen atoms in total. The minimum Gasteiger partial charge on any atom is -0.326 e. The molecule has 0 unspecified atom stereocenters. The molecule has 28 heavy (non-hydrogen) atoms. The standard InChI is InChI=1S/C23H29N3O2/c1-23(2,3)19-11-7-8-12-20(19)25-21(27)17-13-15-26(16-14-17)22(28)24-18-9-5-4-6-10-18/h4-12,17H,13-16H2,1-3H3,(H,24,28)(H,25,27). The van der Waals surface area contributed by atoms with Crippen LogP contribution in [0.25, 0.3) is 0 Å². The van der Waals surface area contributed by atoms with Gasteiger partial charge in [-0.15, -0.1) is 0 Å². The number of nitrogens with zero attached hydrogens (tertiary/aromatic N) is 1.